The molecule has 0 saturated heterocycles. The van der Waals surface area contributed by atoms with Gasteiger partial charge < -0.3 is 15.5 Å². The van der Waals surface area contributed by atoms with Crippen LogP contribution in [0.2, 0.25) is 0 Å². The lowest BCUT2D eigenvalue weighted by molar-refractivity contribution is -0.131. The molecule has 5 rings (SSSR count). The second-order valence-corrected chi connectivity index (χ2v) is 11.9. The summed E-state index contributed by atoms with van der Waals surface area (Å²) in [6.07, 6.45) is 0.870. The van der Waals surface area contributed by atoms with E-state index in [4.69, 9.17) is 0 Å². The van der Waals surface area contributed by atoms with E-state index < -0.39 is 12.1 Å². The molecular formula is C33H40N8O4. The van der Waals surface area contributed by atoms with Crippen molar-refractivity contribution in [2.45, 2.75) is 65.1 Å². The van der Waals surface area contributed by atoms with Crippen molar-refractivity contribution in [3.63, 3.8) is 0 Å². The molecule has 0 unspecified atom stereocenters. The number of benzene rings is 2. The lowest BCUT2D eigenvalue weighted by Crippen LogP contribution is -2.50. The topological polar surface area (TPSA) is 144 Å². The lowest BCUT2D eigenvalue weighted by atomic mass is 10.0. The number of carbonyl (C=O) groups excluding carboxylic acids is 3. The summed E-state index contributed by atoms with van der Waals surface area (Å²) in [6.45, 7) is 6.77. The molecule has 4 aromatic rings. The summed E-state index contributed by atoms with van der Waals surface area (Å²) >= 11 is 0. The number of carbonyl (C=O) groups is 3. The van der Waals surface area contributed by atoms with Gasteiger partial charge in [-0.05, 0) is 30.9 Å². The van der Waals surface area contributed by atoms with Crippen LogP contribution < -0.4 is 16.2 Å². The van der Waals surface area contributed by atoms with Crippen LogP contribution in [0.15, 0.2) is 59.4 Å². The molecule has 0 radical (unpaired) electrons. The van der Waals surface area contributed by atoms with Crippen molar-refractivity contribution in [2.75, 3.05) is 13.1 Å². The Balaban J connectivity index is 1.44. The van der Waals surface area contributed by atoms with E-state index in [1.54, 1.807) is 41.8 Å². The van der Waals surface area contributed by atoms with Crippen LogP contribution in [-0.4, -0.2) is 66.3 Å². The van der Waals surface area contributed by atoms with E-state index in [9.17, 15) is 19.2 Å². The number of amides is 3. The van der Waals surface area contributed by atoms with Gasteiger partial charge in [0.05, 0.1) is 30.1 Å². The van der Waals surface area contributed by atoms with Gasteiger partial charge in [0.15, 0.2) is 0 Å². The number of nitrogens with zero attached hydrogens (tertiary/aromatic N) is 6. The molecule has 0 fully saturated rings. The summed E-state index contributed by atoms with van der Waals surface area (Å²) < 4.78 is 3.02. The minimum absolute atomic E-state index is 0.00605. The summed E-state index contributed by atoms with van der Waals surface area (Å²) in [7, 11) is 1.58. The average molecular weight is 613 g/mol. The average Bonchev–Trinajstić information content (AvgIpc) is 3.39. The Bertz CT molecular complexity index is 1750. The Labute approximate surface area is 261 Å². The van der Waals surface area contributed by atoms with Crippen molar-refractivity contribution < 1.29 is 14.4 Å². The third-order valence-electron chi connectivity index (χ3n) is 8.10. The smallest absolute Gasteiger partial charge is 0.274 e. The Morgan fingerprint density at radius 3 is 2.38 bits per heavy atom. The summed E-state index contributed by atoms with van der Waals surface area (Å²) in [5.74, 6) is 0.398. The molecule has 3 heterocycles. The molecule has 2 atom stereocenters. The first-order chi connectivity index (χ1) is 21.6. The number of aromatic nitrogens is 5. The van der Waals surface area contributed by atoms with E-state index in [1.165, 1.54) is 4.68 Å². The Morgan fingerprint density at radius 1 is 0.933 bits per heavy atom. The highest BCUT2D eigenvalue weighted by molar-refractivity contribution is 5.89. The molecule has 3 amide bonds. The zero-order valence-electron chi connectivity index (χ0n) is 26.2. The molecule has 2 aromatic heterocycles. The fraction of sp³-hybridized carbons (Fsp3) is 0.424. The molecule has 1 aliphatic heterocycles. The molecule has 45 heavy (non-hydrogen) atoms. The third kappa shape index (κ3) is 7.44. The summed E-state index contributed by atoms with van der Waals surface area (Å²) in [6, 6.07) is 15.5. The highest BCUT2D eigenvalue weighted by atomic mass is 16.2. The van der Waals surface area contributed by atoms with E-state index in [0.29, 0.717) is 60.6 Å². The van der Waals surface area contributed by atoms with E-state index in [1.807, 2.05) is 50.2 Å². The molecule has 2 aromatic carbocycles. The van der Waals surface area contributed by atoms with Crippen molar-refractivity contribution in [1.29, 1.82) is 0 Å². The highest BCUT2D eigenvalue weighted by Crippen LogP contribution is 2.22. The predicted octanol–water partition coefficient (Wildman–Crippen LogP) is 2.24. The maximum Gasteiger partial charge on any atom is 0.274 e. The summed E-state index contributed by atoms with van der Waals surface area (Å²) in [5.41, 5.74) is 1.21. The summed E-state index contributed by atoms with van der Waals surface area (Å²) in [4.78, 5) is 59.6. The third-order valence-corrected chi connectivity index (χ3v) is 8.10. The SMILES string of the molecule is Cc1nc2n(n1)CCN(C(=O)Cc1nn(C)c(=O)c3ccccc13)CCCC(=O)N[C@@H](Cc1ccccc1)C(=O)N[C@@H]2C(C)C. The van der Waals surface area contributed by atoms with Crippen LogP contribution >= 0.6 is 0 Å². The first-order valence-corrected chi connectivity index (χ1v) is 15.4. The minimum Gasteiger partial charge on any atom is -0.344 e. The van der Waals surface area contributed by atoms with E-state index in [-0.39, 0.29) is 42.0 Å². The molecule has 1 aliphatic rings. The van der Waals surface area contributed by atoms with Gasteiger partial charge in [-0.15, -0.1) is 0 Å². The largest absolute Gasteiger partial charge is 0.344 e. The molecular weight excluding hydrogens is 572 g/mol. The van der Waals surface area contributed by atoms with Gasteiger partial charge in [-0.3, -0.25) is 19.2 Å². The zero-order valence-corrected chi connectivity index (χ0v) is 26.2. The summed E-state index contributed by atoms with van der Waals surface area (Å²) in [5, 5.41) is 16.2. The van der Waals surface area contributed by atoms with Crippen LogP contribution in [-0.2, 0) is 40.8 Å². The van der Waals surface area contributed by atoms with Gasteiger partial charge in [0, 0.05) is 38.4 Å². The number of fused-ring (bicyclic) bond motifs is 2. The van der Waals surface area contributed by atoms with Gasteiger partial charge in [-0.2, -0.15) is 10.2 Å². The maximum atomic E-state index is 13.8. The van der Waals surface area contributed by atoms with Gasteiger partial charge in [0.2, 0.25) is 17.7 Å². The quantitative estimate of drug-likeness (QED) is 0.352. The molecule has 0 spiro atoms. The molecule has 12 nitrogen and oxygen atoms in total. The fourth-order valence-corrected chi connectivity index (χ4v) is 5.74. The van der Waals surface area contributed by atoms with Crippen LogP contribution in [0.3, 0.4) is 0 Å². The zero-order chi connectivity index (χ0) is 32.1. The Morgan fingerprint density at radius 2 is 1.64 bits per heavy atom. The van der Waals surface area contributed by atoms with Gasteiger partial charge in [0.25, 0.3) is 5.56 Å². The number of hydrogen-bond acceptors (Lipinski definition) is 7. The predicted molar refractivity (Wildman–Crippen MR) is 169 cm³/mol. The number of hydrogen-bond donors (Lipinski definition) is 2. The molecule has 2 N–H and O–H groups in total. The van der Waals surface area contributed by atoms with Gasteiger partial charge in [0.1, 0.15) is 17.7 Å². The molecule has 0 saturated carbocycles. The van der Waals surface area contributed by atoms with E-state index >= 15 is 0 Å². The normalized spacial score (nSPS) is 18.3. The Kier molecular flexibility index (Phi) is 9.70. The van der Waals surface area contributed by atoms with Gasteiger partial charge in [-0.1, -0.05) is 62.4 Å². The van der Waals surface area contributed by atoms with Crippen molar-refractivity contribution in [3.8, 4) is 0 Å². The number of aryl methyl sites for hydroxylation is 2. The first kappa shape index (κ1) is 31.6. The lowest BCUT2D eigenvalue weighted by Gasteiger charge is -2.28. The molecule has 0 bridgehead atoms. The van der Waals surface area contributed by atoms with Gasteiger partial charge >= 0.3 is 0 Å². The van der Waals surface area contributed by atoms with Crippen LogP contribution in [0.25, 0.3) is 10.8 Å². The van der Waals surface area contributed by atoms with Crippen LogP contribution in [0.5, 0.6) is 0 Å². The molecule has 236 valence electrons. The molecule has 12 heteroatoms. The fourth-order valence-electron chi connectivity index (χ4n) is 5.74. The highest BCUT2D eigenvalue weighted by Gasteiger charge is 2.30. The van der Waals surface area contributed by atoms with Crippen molar-refractivity contribution in [1.82, 2.24) is 40.1 Å². The van der Waals surface area contributed by atoms with Crippen molar-refractivity contribution in [2.24, 2.45) is 13.0 Å². The Hall–Kier alpha value is -4.87. The van der Waals surface area contributed by atoms with Gasteiger partial charge in [-0.25, -0.2) is 14.3 Å². The molecule has 0 aliphatic carbocycles. The van der Waals surface area contributed by atoms with E-state index in [0.717, 1.165) is 5.56 Å². The maximum absolute atomic E-state index is 13.8. The second-order valence-electron chi connectivity index (χ2n) is 11.9. The van der Waals surface area contributed by atoms with Crippen LogP contribution in [0.4, 0.5) is 0 Å². The number of rotatable bonds is 5. The first-order valence-electron chi connectivity index (χ1n) is 15.4. The number of nitrogens with one attached hydrogen (secondary N) is 2. The monoisotopic (exact) mass is 612 g/mol. The standard InChI is InChI=1S/C33H40N8O4/c1-21(2)30-31-34-22(3)37-41(31)18-17-40(29(43)20-26-24-13-8-9-14-25(24)33(45)39(4)38-26)16-10-15-28(42)35-27(32(44)36-30)19-23-11-6-5-7-12-23/h5-9,11-14,21,27,30H,10,15-20H2,1-4H3,(H,35,42)(H,36,44)/t27-,30+/m0/s1. The van der Waals surface area contributed by atoms with Crippen molar-refractivity contribution in [3.05, 3.63) is 87.9 Å². The van der Waals surface area contributed by atoms with Crippen LogP contribution in [0, 0.1) is 12.8 Å². The van der Waals surface area contributed by atoms with Crippen molar-refractivity contribution >= 4 is 28.5 Å². The van der Waals surface area contributed by atoms with E-state index in [2.05, 4.69) is 25.8 Å². The van der Waals surface area contributed by atoms with Crippen LogP contribution in [0.1, 0.15) is 55.6 Å². The second kappa shape index (κ2) is 13.8. The minimum atomic E-state index is -0.789.